The molecule has 0 amide bonds. The average Bonchev–Trinajstić information content (AvgIpc) is 2.82. The summed E-state index contributed by atoms with van der Waals surface area (Å²) >= 11 is 0. The van der Waals surface area contributed by atoms with E-state index in [1.807, 2.05) is 13.1 Å². The molecule has 0 spiro atoms. The summed E-state index contributed by atoms with van der Waals surface area (Å²) < 4.78 is 33.0. The lowest BCUT2D eigenvalue weighted by Crippen LogP contribution is -2.27. The van der Waals surface area contributed by atoms with Crippen LogP contribution in [-0.2, 0) is 23.6 Å². The van der Waals surface area contributed by atoms with E-state index in [1.165, 1.54) is 11.4 Å². The van der Waals surface area contributed by atoms with E-state index in [0.29, 0.717) is 11.5 Å². The largest absolute Gasteiger partial charge is 0.360 e. The monoisotopic (exact) mass is 298 g/mol. The van der Waals surface area contributed by atoms with Crippen molar-refractivity contribution in [3.05, 3.63) is 28.9 Å². The van der Waals surface area contributed by atoms with Crippen LogP contribution in [-0.4, -0.2) is 34.7 Å². The molecule has 0 aliphatic carbocycles. The van der Waals surface area contributed by atoms with E-state index in [1.54, 1.807) is 25.6 Å². The summed E-state index contributed by atoms with van der Waals surface area (Å²) in [6.45, 7) is 5.32. The first kappa shape index (κ1) is 14.7. The summed E-state index contributed by atoms with van der Waals surface area (Å²) in [5, 5.41) is 7.90. The minimum Gasteiger partial charge on any atom is -0.360 e. The number of sulfonamides is 1. The Bertz CT molecular complexity index is 710. The normalized spacial score (nSPS) is 12.3. The number of nitrogens with zero attached hydrogens (tertiary/aromatic N) is 4. The molecule has 2 rings (SSSR count). The van der Waals surface area contributed by atoms with Crippen molar-refractivity contribution < 1.29 is 12.9 Å². The lowest BCUT2D eigenvalue weighted by Gasteiger charge is -2.16. The molecule has 0 bridgehead atoms. The van der Waals surface area contributed by atoms with E-state index in [4.69, 9.17) is 4.52 Å². The molecule has 0 aliphatic heterocycles. The van der Waals surface area contributed by atoms with Gasteiger partial charge in [-0.3, -0.25) is 4.68 Å². The molecule has 0 radical (unpaired) electrons. The zero-order valence-corrected chi connectivity index (χ0v) is 13.0. The van der Waals surface area contributed by atoms with Crippen LogP contribution in [0.3, 0.4) is 0 Å². The molecule has 0 N–H and O–H groups in total. The molecule has 110 valence electrons. The number of rotatable bonds is 4. The van der Waals surface area contributed by atoms with Crippen LogP contribution in [0.2, 0.25) is 0 Å². The van der Waals surface area contributed by atoms with Gasteiger partial charge >= 0.3 is 0 Å². The molecule has 0 fully saturated rings. The molecule has 2 heterocycles. The van der Waals surface area contributed by atoms with E-state index in [0.717, 1.165) is 11.3 Å². The molecule has 0 unspecified atom stereocenters. The quantitative estimate of drug-likeness (QED) is 0.846. The fraction of sp³-hybridized carbons (Fsp3) is 0.500. The first-order chi connectivity index (χ1) is 9.23. The number of aromatic nitrogens is 3. The molecular formula is C12H18N4O3S. The van der Waals surface area contributed by atoms with Crippen molar-refractivity contribution in [1.29, 1.82) is 0 Å². The van der Waals surface area contributed by atoms with Crippen molar-refractivity contribution in [3.63, 3.8) is 0 Å². The predicted octanol–water partition coefficient (Wildman–Crippen LogP) is 1.15. The van der Waals surface area contributed by atoms with Gasteiger partial charge in [-0.05, 0) is 20.8 Å². The molecule has 0 aromatic carbocycles. The van der Waals surface area contributed by atoms with Crippen LogP contribution in [0.4, 0.5) is 0 Å². The second-order valence-corrected chi connectivity index (χ2v) is 6.81. The average molecular weight is 298 g/mol. The molecule has 0 atom stereocenters. The van der Waals surface area contributed by atoms with Crippen LogP contribution in [0.5, 0.6) is 0 Å². The van der Waals surface area contributed by atoms with Gasteiger partial charge in [-0.1, -0.05) is 5.16 Å². The van der Waals surface area contributed by atoms with Crippen LogP contribution < -0.4 is 0 Å². The van der Waals surface area contributed by atoms with Gasteiger partial charge < -0.3 is 4.52 Å². The Hall–Kier alpha value is -1.67. The van der Waals surface area contributed by atoms with Crippen LogP contribution >= 0.6 is 0 Å². The minimum atomic E-state index is -3.62. The minimum absolute atomic E-state index is 0.140. The van der Waals surface area contributed by atoms with Crippen LogP contribution in [0.1, 0.15) is 22.7 Å². The zero-order valence-electron chi connectivity index (χ0n) is 12.2. The maximum Gasteiger partial charge on any atom is 0.248 e. The lowest BCUT2D eigenvalue weighted by molar-refractivity contribution is 0.389. The van der Waals surface area contributed by atoms with Crippen molar-refractivity contribution in [1.82, 2.24) is 19.2 Å². The third-order valence-corrected chi connectivity index (χ3v) is 5.19. The van der Waals surface area contributed by atoms with Gasteiger partial charge in [-0.2, -0.15) is 9.40 Å². The first-order valence-electron chi connectivity index (χ1n) is 6.12. The second-order valence-electron chi connectivity index (χ2n) is 4.83. The van der Waals surface area contributed by atoms with E-state index < -0.39 is 10.0 Å². The Labute approximate surface area is 118 Å². The van der Waals surface area contributed by atoms with Crippen molar-refractivity contribution in [3.8, 4) is 0 Å². The fourth-order valence-corrected chi connectivity index (χ4v) is 3.56. The van der Waals surface area contributed by atoms with Crippen molar-refractivity contribution >= 4 is 10.0 Å². The standard InChI is InChI=1S/C12H18N4O3S/c1-8-11(6-15(4)13-8)7-16(5)20(17,18)12-9(2)14-19-10(12)3/h6H,7H2,1-5H3. The molecule has 2 aromatic rings. The SMILES string of the molecule is Cc1nn(C)cc1CN(C)S(=O)(=O)c1c(C)noc1C. The summed E-state index contributed by atoms with van der Waals surface area (Å²) in [5.41, 5.74) is 2.05. The highest BCUT2D eigenvalue weighted by molar-refractivity contribution is 7.89. The number of hydrogen-bond acceptors (Lipinski definition) is 5. The summed E-state index contributed by atoms with van der Waals surface area (Å²) in [6.07, 6.45) is 1.81. The van der Waals surface area contributed by atoms with Gasteiger partial charge in [-0.25, -0.2) is 8.42 Å². The van der Waals surface area contributed by atoms with Crippen molar-refractivity contribution in [2.24, 2.45) is 7.05 Å². The molecular weight excluding hydrogens is 280 g/mol. The molecule has 7 nitrogen and oxygen atoms in total. The highest BCUT2D eigenvalue weighted by Gasteiger charge is 2.29. The molecule has 2 aromatic heterocycles. The Kier molecular flexibility index (Phi) is 3.70. The Morgan fingerprint density at radius 1 is 1.30 bits per heavy atom. The van der Waals surface area contributed by atoms with Gasteiger partial charge in [0.25, 0.3) is 0 Å². The first-order valence-corrected chi connectivity index (χ1v) is 7.56. The smallest absolute Gasteiger partial charge is 0.248 e. The Morgan fingerprint density at radius 2 is 1.95 bits per heavy atom. The Morgan fingerprint density at radius 3 is 2.40 bits per heavy atom. The third-order valence-electron chi connectivity index (χ3n) is 3.14. The van der Waals surface area contributed by atoms with Gasteiger partial charge in [0.2, 0.25) is 10.0 Å². The summed E-state index contributed by atoms with van der Waals surface area (Å²) in [6, 6.07) is 0. The third kappa shape index (κ3) is 2.48. The summed E-state index contributed by atoms with van der Waals surface area (Å²) in [5.74, 6) is 0.303. The molecule has 0 saturated carbocycles. The zero-order chi connectivity index (χ0) is 15.1. The van der Waals surface area contributed by atoms with E-state index in [9.17, 15) is 8.42 Å². The maximum absolute atomic E-state index is 12.6. The van der Waals surface area contributed by atoms with Gasteiger partial charge in [-0.15, -0.1) is 0 Å². The van der Waals surface area contributed by atoms with E-state index in [-0.39, 0.29) is 11.4 Å². The molecule has 20 heavy (non-hydrogen) atoms. The van der Waals surface area contributed by atoms with Crippen LogP contribution in [0.15, 0.2) is 15.6 Å². The van der Waals surface area contributed by atoms with Gasteiger partial charge in [0, 0.05) is 32.4 Å². The molecule has 0 saturated heterocycles. The van der Waals surface area contributed by atoms with Crippen LogP contribution in [0.25, 0.3) is 0 Å². The lowest BCUT2D eigenvalue weighted by atomic mass is 10.3. The highest BCUT2D eigenvalue weighted by Crippen LogP contribution is 2.23. The topological polar surface area (TPSA) is 81.2 Å². The summed E-state index contributed by atoms with van der Waals surface area (Å²) in [4.78, 5) is 0.140. The second kappa shape index (κ2) is 5.02. The molecule has 8 heteroatoms. The van der Waals surface area contributed by atoms with Gasteiger partial charge in [0.05, 0.1) is 5.69 Å². The predicted molar refractivity (Wildman–Crippen MR) is 72.6 cm³/mol. The van der Waals surface area contributed by atoms with E-state index in [2.05, 4.69) is 10.3 Å². The Balaban J connectivity index is 2.33. The van der Waals surface area contributed by atoms with Crippen molar-refractivity contribution in [2.75, 3.05) is 7.05 Å². The fourth-order valence-electron chi connectivity index (χ4n) is 2.13. The molecule has 0 aliphatic rings. The number of hydrogen-bond donors (Lipinski definition) is 0. The van der Waals surface area contributed by atoms with Crippen LogP contribution in [0, 0.1) is 20.8 Å². The van der Waals surface area contributed by atoms with Gasteiger partial charge in [0.15, 0.2) is 5.76 Å². The van der Waals surface area contributed by atoms with Gasteiger partial charge in [0.1, 0.15) is 10.6 Å². The van der Waals surface area contributed by atoms with Crippen molar-refractivity contribution in [2.45, 2.75) is 32.2 Å². The number of aryl methyl sites for hydroxylation is 4. The highest BCUT2D eigenvalue weighted by atomic mass is 32.2. The van der Waals surface area contributed by atoms with E-state index >= 15 is 0 Å². The summed E-state index contributed by atoms with van der Waals surface area (Å²) in [7, 11) is -0.282. The maximum atomic E-state index is 12.6.